The molecule has 20 heavy (non-hydrogen) atoms. The summed E-state index contributed by atoms with van der Waals surface area (Å²) < 4.78 is 16.6. The fraction of sp³-hybridized carbons (Fsp3) is 0.600. The van der Waals surface area contributed by atoms with Crippen molar-refractivity contribution in [3.8, 4) is 11.5 Å². The number of nitrogens with zero attached hydrogens (tertiary/aromatic N) is 1. The van der Waals surface area contributed by atoms with E-state index >= 15 is 0 Å². The van der Waals surface area contributed by atoms with Crippen molar-refractivity contribution < 1.29 is 14.2 Å². The highest BCUT2D eigenvalue weighted by Gasteiger charge is 2.31. The highest BCUT2D eigenvalue weighted by Crippen LogP contribution is 2.34. The molecule has 1 N–H and O–H groups in total. The van der Waals surface area contributed by atoms with Crippen LogP contribution >= 0.6 is 0 Å². The molecule has 2 unspecified atom stereocenters. The van der Waals surface area contributed by atoms with Crippen molar-refractivity contribution in [3.63, 3.8) is 0 Å². The van der Waals surface area contributed by atoms with Crippen LogP contribution in [0.4, 0.5) is 0 Å². The lowest BCUT2D eigenvalue weighted by atomic mass is 9.98. The highest BCUT2D eigenvalue weighted by molar-refractivity contribution is 5.44. The van der Waals surface area contributed by atoms with Gasteiger partial charge in [-0.15, -0.1) is 0 Å². The minimum atomic E-state index is 0.136. The molecule has 0 radical (unpaired) electrons. The van der Waals surface area contributed by atoms with E-state index in [0.717, 1.165) is 31.2 Å². The molecule has 1 fully saturated rings. The van der Waals surface area contributed by atoms with Crippen molar-refractivity contribution in [2.24, 2.45) is 0 Å². The number of rotatable bonds is 5. The van der Waals surface area contributed by atoms with E-state index < -0.39 is 0 Å². The maximum absolute atomic E-state index is 5.91. The van der Waals surface area contributed by atoms with Gasteiger partial charge in [0, 0.05) is 13.1 Å². The smallest absolute Gasteiger partial charge is 0.161 e. The van der Waals surface area contributed by atoms with E-state index in [0.29, 0.717) is 0 Å². The Balaban J connectivity index is 2.30. The third-order valence-electron chi connectivity index (χ3n) is 3.76. The summed E-state index contributed by atoms with van der Waals surface area (Å²) in [7, 11) is 7.39. The van der Waals surface area contributed by atoms with Crippen LogP contribution < -0.4 is 14.8 Å². The molecule has 0 aromatic heterocycles. The van der Waals surface area contributed by atoms with Crippen molar-refractivity contribution in [1.29, 1.82) is 0 Å². The Morgan fingerprint density at radius 3 is 2.70 bits per heavy atom. The quantitative estimate of drug-likeness (QED) is 0.880. The zero-order valence-electron chi connectivity index (χ0n) is 12.7. The summed E-state index contributed by atoms with van der Waals surface area (Å²) in [5.74, 6) is 1.51. The van der Waals surface area contributed by atoms with Crippen LogP contribution in [-0.2, 0) is 4.74 Å². The standard InChI is InChI=1S/C15H24N2O3/c1-16-10-14-15(17(2)7-8-20-14)11-5-6-12(18-3)13(9-11)19-4/h5-6,9,14-16H,7-8,10H2,1-4H3. The minimum Gasteiger partial charge on any atom is -0.493 e. The van der Waals surface area contributed by atoms with E-state index in [1.165, 1.54) is 5.56 Å². The number of hydrogen-bond acceptors (Lipinski definition) is 5. The van der Waals surface area contributed by atoms with Gasteiger partial charge in [0.1, 0.15) is 0 Å². The number of hydrogen-bond donors (Lipinski definition) is 1. The van der Waals surface area contributed by atoms with Gasteiger partial charge >= 0.3 is 0 Å². The topological polar surface area (TPSA) is 43.0 Å². The summed E-state index contributed by atoms with van der Waals surface area (Å²) in [6.07, 6.45) is 0.136. The predicted molar refractivity (Wildman–Crippen MR) is 78.6 cm³/mol. The Bertz CT molecular complexity index is 437. The first-order chi connectivity index (χ1) is 9.71. The molecule has 112 valence electrons. The van der Waals surface area contributed by atoms with Gasteiger partial charge in [-0.05, 0) is 31.8 Å². The molecular formula is C15H24N2O3. The van der Waals surface area contributed by atoms with E-state index in [-0.39, 0.29) is 12.1 Å². The van der Waals surface area contributed by atoms with Crippen molar-refractivity contribution in [2.75, 3.05) is 48.0 Å². The molecule has 2 atom stereocenters. The third-order valence-corrected chi connectivity index (χ3v) is 3.76. The first kappa shape index (κ1) is 15.1. The van der Waals surface area contributed by atoms with E-state index in [2.05, 4.69) is 23.3 Å². The molecule has 2 rings (SSSR count). The van der Waals surface area contributed by atoms with Crippen LogP contribution in [0.5, 0.6) is 11.5 Å². The summed E-state index contributed by atoms with van der Waals surface area (Å²) in [5.41, 5.74) is 1.19. The van der Waals surface area contributed by atoms with Gasteiger partial charge in [0.25, 0.3) is 0 Å². The van der Waals surface area contributed by atoms with E-state index in [9.17, 15) is 0 Å². The lowest BCUT2D eigenvalue weighted by molar-refractivity contribution is -0.0606. The summed E-state index contributed by atoms with van der Waals surface area (Å²) in [4.78, 5) is 2.33. The van der Waals surface area contributed by atoms with Gasteiger partial charge in [0.2, 0.25) is 0 Å². The molecule has 0 bridgehead atoms. The molecular weight excluding hydrogens is 256 g/mol. The number of methoxy groups -OCH3 is 2. The van der Waals surface area contributed by atoms with Gasteiger partial charge in [-0.3, -0.25) is 4.90 Å². The second-order valence-electron chi connectivity index (χ2n) is 5.01. The average molecular weight is 280 g/mol. The largest absolute Gasteiger partial charge is 0.493 e. The zero-order chi connectivity index (χ0) is 14.5. The summed E-state index contributed by atoms with van der Waals surface area (Å²) >= 11 is 0. The SMILES string of the molecule is CNCC1OCCN(C)C1c1ccc(OC)c(OC)c1. The minimum absolute atomic E-state index is 0.136. The Morgan fingerprint density at radius 1 is 1.30 bits per heavy atom. The number of likely N-dealkylation sites (N-methyl/N-ethyl adjacent to an activating group) is 2. The zero-order valence-corrected chi connectivity index (χ0v) is 12.7. The number of ether oxygens (including phenoxy) is 3. The Morgan fingerprint density at radius 2 is 2.05 bits per heavy atom. The van der Waals surface area contributed by atoms with Crippen LogP contribution in [0.2, 0.25) is 0 Å². The van der Waals surface area contributed by atoms with E-state index in [1.54, 1.807) is 14.2 Å². The monoisotopic (exact) mass is 280 g/mol. The lowest BCUT2D eigenvalue weighted by Gasteiger charge is -2.39. The summed E-state index contributed by atoms with van der Waals surface area (Å²) in [6.45, 7) is 2.52. The molecule has 1 aliphatic heterocycles. The molecule has 1 heterocycles. The van der Waals surface area contributed by atoms with Crippen LogP contribution in [0.3, 0.4) is 0 Å². The third kappa shape index (κ3) is 3.06. The van der Waals surface area contributed by atoms with Crippen molar-refractivity contribution in [2.45, 2.75) is 12.1 Å². The Labute approximate surface area is 120 Å². The first-order valence-corrected chi connectivity index (χ1v) is 6.89. The molecule has 1 aromatic rings. The molecule has 5 nitrogen and oxygen atoms in total. The number of morpholine rings is 1. The van der Waals surface area contributed by atoms with Crippen molar-refractivity contribution in [3.05, 3.63) is 23.8 Å². The number of benzene rings is 1. The van der Waals surface area contributed by atoms with Crippen LogP contribution in [-0.4, -0.2) is 59.0 Å². The Hall–Kier alpha value is -1.30. The summed E-state index contributed by atoms with van der Waals surface area (Å²) in [6, 6.07) is 6.29. The maximum atomic E-state index is 5.91. The second kappa shape index (κ2) is 6.92. The molecule has 0 spiro atoms. The lowest BCUT2D eigenvalue weighted by Crippen LogP contribution is -2.46. The summed E-state index contributed by atoms with van der Waals surface area (Å²) in [5, 5.41) is 3.20. The maximum Gasteiger partial charge on any atom is 0.161 e. The fourth-order valence-corrected chi connectivity index (χ4v) is 2.74. The molecule has 0 amide bonds. The second-order valence-corrected chi connectivity index (χ2v) is 5.01. The van der Waals surface area contributed by atoms with E-state index in [4.69, 9.17) is 14.2 Å². The van der Waals surface area contributed by atoms with Crippen LogP contribution in [0.25, 0.3) is 0 Å². The van der Waals surface area contributed by atoms with Gasteiger partial charge in [-0.2, -0.15) is 0 Å². The van der Waals surface area contributed by atoms with E-state index in [1.807, 2.05) is 19.2 Å². The molecule has 0 aliphatic carbocycles. The first-order valence-electron chi connectivity index (χ1n) is 6.89. The van der Waals surface area contributed by atoms with Gasteiger partial charge in [0.15, 0.2) is 11.5 Å². The number of nitrogens with one attached hydrogen (secondary N) is 1. The Kier molecular flexibility index (Phi) is 5.23. The van der Waals surface area contributed by atoms with Gasteiger partial charge in [0.05, 0.1) is 33.0 Å². The molecule has 0 saturated carbocycles. The predicted octanol–water partition coefficient (Wildman–Crippen LogP) is 1.29. The van der Waals surface area contributed by atoms with Crippen molar-refractivity contribution >= 4 is 0 Å². The van der Waals surface area contributed by atoms with Crippen molar-refractivity contribution in [1.82, 2.24) is 10.2 Å². The van der Waals surface area contributed by atoms with Gasteiger partial charge in [-0.1, -0.05) is 6.07 Å². The normalized spacial score (nSPS) is 23.6. The van der Waals surface area contributed by atoms with Gasteiger partial charge < -0.3 is 19.5 Å². The van der Waals surface area contributed by atoms with Gasteiger partial charge in [-0.25, -0.2) is 0 Å². The van der Waals surface area contributed by atoms with Crippen LogP contribution in [0.1, 0.15) is 11.6 Å². The molecule has 1 aliphatic rings. The molecule has 1 saturated heterocycles. The highest BCUT2D eigenvalue weighted by atomic mass is 16.5. The fourth-order valence-electron chi connectivity index (χ4n) is 2.74. The van der Waals surface area contributed by atoms with Crippen LogP contribution in [0, 0.1) is 0 Å². The molecule has 1 aromatic carbocycles. The molecule has 5 heteroatoms. The van der Waals surface area contributed by atoms with Crippen LogP contribution in [0.15, 0.2) is 18.2 Å². The average Bonchev–Trinajstić information content (AvgIpc) is 2.47.